The van der Waals surface area contributed by atoms with Crippen molar-refractivity contribution in [2.75, 3.05) is 12.3 Å². The molecule has 2 unspecified atom stereocenters. The molecule has 0 aromatic rings. The molecule has 0 aromatic heterocycles. The zero-order valence-electron chi connectivity index (χ0n) is 7.79. The molecule has 0 saturated heterocycles. The van der Waals surface area contributed by atoms with Crippen molar-refractivity contribution in [3.05, 3.63) is 0 Å². The molecule has 1 saturated carbocycles. The van der Waals surface area contributed by atoms with E-state index in [2.05, 4.69) is 6.92 Å². The Morgan fingerprint density at radius 3 is 2.58 bits per heavy atom. The van der Waals surface area contributed by atoms with E-state index in [1.807, 2.05) is 0 Å². The second kappa shape index (κ2) is 4.97. The van der Waals surface area contributed by atoms with Gasteiger partial charge in [-0.15, -0.1) is 0 Å². The summed E-state index contributed by atoms with van der Waals surface area (Å²) in [4.78, 5) is 0. The van der Waals surface area contributed by atoms with Crippen LogP contribution in [0.15, 0.2) is 0 Å². The Balaban J connectivity index is 2.27. The normalized spacial score (nSPS) is 24.2. The second-order valence-corrected chi connectivity index (χ2v) is 5.56. The van der Waals surface area contributed by atoms with Crippen molar-refractivity contribution in [1.82, 2.24) is 0 Å². The summed E-state index contributed by atoms with van der Waals surface area (Å²) in [6, 6.07) is 0. The fourth-order valence-corrected chi connectivity index (χ4v) is 3.46. The van der Waals surface area contributed by atoms with Gasteiger partial charge in [0.1, 0.15) is 0 Å². The zero-order chi connectivity index (χ0) is 8.97. The molecule has 0 aromatic carbocycles. The van der Waals surface area contributed by atoms with Gasteiger partial charge in [0, 0.05) is 21.8 Å². The lowest BCUT2D eigenvalue weighted by atomic mass is 10.2. The molecule has 1 rings (SSSR count). The van der Waals surface area contributed by atoms with E-state index in [-0.39, 0.29) is 0 Å². The van der Waals surface area contributed by atoms with Gasteiger partial charge >= 0.3 is 0 Å². The highest BCUT2D eigenvalue weighted by Gasteiger charge is 2.21. The molecule has 2 N–H and O–H groups in total. The predicted molar refractivity (Wildman–Crippen MR) is 53.5 cm³/mol. The Bertz CT molecular complexity index is 155. The summed E-state index contributed by atoms with van der Waals surface area (Å²) < 4.78 is 11.7. The number of hydrogen-bond donors (Lipinski definition) is 1. The van der Waals surface area contributed by atoms with E-state index in [1.165, 1.54) is 25.7 Å². The maximum absolute atomic E-state index is 11.7. The Labute approximate surface area is 77.4 Å². The molecule has 0 bridgehead atoms. The van der Waals surface area contributed by atoms with Crippen molar-refractivity contribution in [2.24, 2.45) is 11.7 Å². The van der Waals surface area contributed by atoms with Crippen molar-refractivity contribution >= 4 is 10.8 Å². The van der Waals surface area contributed by atoms with Gasteiger partial charge in [0.15, 0.2) is 0 Å². The lowest BCUT2D eigenvalue weighted by Crippen LogP contribution is -2.22. The Morgan fingerprint density at radius 2 is 2.08 bits per heavy atom. The van der Waals surface area contributed by atoms with Crippen molar-refractivity contribution in [1.29, 1.82) is 0 Å². The molecule has 0 amide bonds. The van der Waals surface area contributed by atoms with Gasteiger partial charge in [-0.2, -0.15) is 0 Å². The van der Waals surface area contributed by atoms with Gasteiger partial charge in [0.25, 0.3) is 0 Å². The Hall–Kier alpha value is 0.110. The molecule has 1 fully saturated rings. The van der Waals surface area contributed by atoms with E-state index in [0.29, 0.717) is 17.7 Å². The van der Waals surface area contributed by atoms with Crippen molar-refractivity contribution in [2.45, 2.75) is 37.9 Å². The van der Waals surface area contributed by atoms with E-state index in [4.69, 9.17) is 5.73 Å². The standard InChI is InChI=1S/C9H19NOS/c1-8(6-10)7-12(11)9-4-2-3-5-9/h8-9H,2-7,10H2,1H3. The molecular weight excluding hydrogens is 170 g/mol. The van der Waals surface area contributed by atoms with E-state index < -0.39 is 10.8 Å². The molecule has 72 valence electrons. The Morgan fingerprint density at radius 1 is 1.50 bits per heavy atom. The minimum atomic E-state index is -0.605. The van der Waals surface area contributed by atoms with E-state index in [1.54, 1.807) is 0 Å². The van der Waals surface area contributed by atoms with Crippen LogP contribution in [0.2, 0.25) is 0 Å². The summed E-state index contributed by atoms with van der Waals surface area (Å²) in [5, 5.41) is 0.485. The van der Waals surface area contributed by atoms with Crippen molar-refractivity contribution < 1.29 is 4.21 Å². The lowest BCUT2D eigenvalue weighted by molar-refractivity contribution is 0.630. The van der Waals surface area contributed by atoms with Crippen molar-refractivity contribution in [3.8, 4) is 0 Å². The third-order valence-electron chi connectivity index (χ3n) is 2.53. The first-order valence-electron chi connectivity index (χ1n) is 4.81. The van der Waals surface area contributed by atoms with Crippen LogP contribution >= 0.6 is 0 Å². The summed E-state index contributed by atoms with van der Waals surface area (Å²) in [6.07, 6.45) is 4.88. The fourth-order valence-electron chi connectivity index (χ4n) is 1.64. The van der Waals surface area contributed by atoms with Gasteiger partial charge in [-0.25, -0.2) is 0 Å². The summed E-state index contributed by atoms with van der Waals surface area (Å²) in [5.41, 5.74) is 5.48. The van der Waals surface area contributed by atoms with Crippen LogP contribution in [0.1, 0.15) is 32.6 Å². The monoisotopic (exact) mass is 189 g/mol. The molecule has 2 atom stereocenters. The summed E-state index contributed by atoms with van der Waals surface area (Å²) >= 11 is 0. The summed E-state index contributed by atoms with van der Waals surface area (Å²) in [5.74, 6) is 1.23. The SMILES string of the molecule is CC(CN)CS(=O)C1CCCC1. The van der Waals surface area contributed by atoms with Gasteiger partial charge < -0.3 is 5.73 Å². The van der Waals surface area contributed by atoms with E-state index in [9.17, 15) is 4.21 Å². The van der Waals surface area contributed by atoms with E-state index in [0.717, 1.165) is 5.75 Å². The van der Waals surface area contributed by atoms with Crippen LogP contribution in [0.25, 0.3) is 0 Å². The molecule has 3 heteroatoms. The lowest BCUT2D eigenvalue weighted by Gasteiger charge is -2.12. The first-order valence-corrected chi connectivity index (χ1v) is 6.19. The first kappa shape index (κ1) is 10.2. The van der Waals surface area contributed by atoms with Gasteiger partial charge in [0.2, 0.25) is 0 Å². The van der Waals surface area contributed by atoms with Gasteiger partial charge in [0.05, 0.1) is 0 Å². The zero-order valence-corrected chi connectivity index (χ0v) is 8.61. The molecule has 0 spiro atoms. The smallest absolute Gasteiger partial charge is 0.0348 e. The molecule has 0 heterocycles. The maximum Gasteiger partial charge on any atom is 0.0348 e. The summed E-state index contributed by atoms with van der Waals surface area (Å²) in [7, 11) is -0.605. The largest absolute Gasteiger partial charge is 0.330 e. The molecule has 1 aliphatic rings. The average molecular weight is 189 g/mol. The van der Waals surface area contributed by atoms with Gasteiger partial charge in [-0.3, -0.25) is 4.21 Å². The molecule has 0 aliphatic heterocycles. The van der Waals surface area contributed by atoms with Crippen LogP contribution in [0.5, 0.6) is 0 Å². The quantitative estimate of drug-likeness (QED) is 0.724. The topological polar surface area (TPSA) is 43.1 Å². The van der Waals surface area contributed by atoms with Crippen LogP contribution < -0.4 is 5.73 Å². The van der Waals surface area contributed by atoms with Crippen molar-refractivity contribution in [3.63, 3.8) is 0 Å². The third kappa shape index (κ3) is 2.87. The minimum Gasteiger partial charge on any atom is -0.330 e. The highest BCUT2D eigenvalue weighted by atomic mass is 32.2. The van der Waals surface area contributed by atoms with Crippen LogP contribution in [0.3, 0.4) is 0 Å². The molecule has 2 nitrogen and oxygen atoms in total. The van der Waals surface area contributed by atoms with E-state index >= 15 is 0 Å². The minimum absolute atomic E-state index is 0.423. The molecule has 0 radical (unpaired) electrons. The summed E-state index contributed by atoms with van der Waals surface area (Å²) in [6.45, 7) is 2.74. The molecule has 1 aliphatic carbocycles. The number of hydrogen-bond acceptors (Lipinski definition) is 2. The average Bonchev–Trinajstić information content (AvgIpc) is 2.56. The van der Waals surface area contributed by atoms with Crippen LogP contribution in [0, 0.1) is 5.92 Å². The first-order chi connectivity index (χ1) is 5.74. The number of nitrogens with two attached hydrogens (primary N) is 1. The fraction of sp³-hybridized carbons (Fsp3) is 1.00. The Kier molecular flexibility index (Phi) is 4.22. The highest BCUT2D eigenvalue weighted by Crippen LogP contribution is 2.23. The second-order valence-electron chi connectivity index (χ2n) is 3.79. The molecule has 12 heavy (non-hydrogen) atoms. The van der Waals surface area contributed by atoms with Gasteiger partial charge in [-0.05, 0) is 25.3 Å². The molecular formula is C9H19NOS. The maximum atomic E-state index is 11.7. The van der Waals surface area contributed by atoms with Crippen LogP contribution in [0.4, 0.5) is 0 Å². The predicted octanol–water partition coefficient (Wildman–Crippen LogP) is 1.27. The van der Waals surface area contributed by atoms with Crippen LogP contribution in [-0.2, 0) is 10.8 Å². The highest BCUT2D eigenvalue weighted by molar-refractivity contribution is 7.85. The number of rotatable bonds is 4. The van der Waals surface area contributed by atoms with Crippen LogP contribution in [-0.4, -0.2) is 21.8 Å². The van der Waals surface area contributed by atoms with Gasteiger partial charge in [-0.1, -0.05) is 19.8 Å². The third-order valence-corrected chi connectivity index (χ3v) is 4.64.